The molecular formula is C20H17ClF3NO5. The third kappa shape index (κ3) is 6.15. The van der Waals surface area contributed by atoms with Crippen molar-refractivity contribution in [2.75, 3.05) is 26.1 Å². The summed E-state index contributed by atoms with van der Waals surface area (Å²) in [4.78, 5) is 23.8. The Kier molecular flexibility index (Phi) is 7.71. The maximum absolute atomic E-state index is 13.0. The fourth-order valence-corrected chi connectivity index (χ4v) is 2.60. The van der Waals surface area contributed by atoms with Gasteiger partial charge in [0.25, 0.3) is 5.91 Å². The van der Waals surface area contributed by atoms with Crippen LogP contribution in [0, 0.1) is 0 Å². The summed E-state index contributed by atoms with van der Waals surface area (Å²) in [5.74, 6) is -0.862. The third-order valence-corrected chi connectivity index (χ3v) is 4.08. The molecule has 2 aromatic carbocycles. The molecule has 0 heterocycles. The maximum Gasteiger partial charge on any atom is 0.418 e. The SMILES string of the molecule is COc1ccc(OC)c(/C=C/C(=O)OCC(=O)Nc2c(Cl)cccc2C(F)(F)F)c1. The Balaban J connectivity index is 2.01. The fraction of sp³-hybridized carbons (Fsp3) is 0.200. The number of methoxy groups -OCH3 is 2. The fourth-order valence-electron chi connectivity index (χ4n) is 2.38. The molecule has 2 aromatic rings. The second-order valence-corrected chi connectivity index (χ2v) is 6.16. The number of hydrogen-bond donors (Lipinski definition) is 1. The second-order valence-electron chi connectivity index (χ2n) is 5.76. The summed E-state index contributed by atoms with van der Waals surface area (Å²) in [5.41, 5.74) is -1.20. The van der Waals surface area contributed by atoms with Gasteiger partial charge in [0.1, 0.15) is 11.5 Å². The molecule has 0 unspecified atom stereocenters. The van der Waals surface area contributed by atoms with Gasteiger partial charge >= 0.3 is 12.1 Å². The van der Waals surface area contributed by atoms with E-state index in [-0.39, 0.29) is 5.02 Å². The van der Waals surface area contributed by atoms with E-state index in [1.807, 2.05) is 5.32 Å². The lowest BCUT2D eigenvalue weighted by molar-refractivity contribution is -0.142. The maximum atomic E-state index is 13.0. The highest BCUT2D eigenvalue weighted by atomic mass is 35.5. The summed E-state index contributed by atoms with van der Waals surface area (Å²) < 4.78 is 54.2. The number of halogens is 4. The van der Waals surface area contributed by atoms with Crippen LogP contribution >= 0.6 is 11.6 Å². The highest BCUT2D eigenvalue weighted by Gasteiger charge is 2.34. The summed E-state index contributed by atoms with van der Waals surface area (Å²) in [7, 11) is 2.93. The van der Waals surface area contributed by atoms with Crippen molar-refractivity contribution in [1.82, 2.24) is 0 Å². The molecule has 1 amide bonds. The number of esters is 1. The molecule has 6 nitrogen and oxygen atoms in total. The van der Waals surface area contributed by atoms with E-state index in [0.29, 0.717) is 17.1 Å². The molecule has 1 N–H and O–H groups in total. The van der Waals surface area contributed by atoms with E-state index < -0.39 is 35.9 Å². The molecule has 0 bridgehead atoms. The minimum absolute atomic E-state index is 0.297. The molecule has 0 aliphatic rings. The number of anilines is 1. The van der Waals surface area contributed by atoms with Crippen LogP contribution in [0.4, 0.5) is 18.9 Å². The molecule has 160 valence electrons. The van der Waals surface area contributed by atoms with Crippen molar-refractivity contribution >= 4 is 35.2 Å². The van der Waals surface area contributed by atoms with Crippen molar-refractivity contribution in [3.8, 4) is 11.5 Å². The third-order valence-electron chi connectivity index (χ3n) is 3.76. The first kappa shape index (κ1) is 23.1. The average molecular weight is 444 g/mol. The van der Waals surface area contributed by atoms with E-state index in [0.717, 1.165) is 18.2 Å². The van der Waals surface area contributed by atoms with E-state index in [4.69, 9.17) is 25.8 Å². The van der Waals surface area contributed by atoms with E-state index >= 15 is 0 Å². The molecule has 0 atom stereocenters. The number of carbonyl (C=O) groups is 2. The number of amides is 1. The number of rotatable bonds is 7. The number of nitrogens with one attached hydrogen (secondary N) is 1. The van der Waals surface area contributed by atoms with Crippen molar-refractivity contribution in [2.24, 2.45) is 0 Å². The molecule has 0 spiro atoms. The minimum atomic E-state index is -4.72. The van der Waals surface area contributed by atoms with Crippen LogP contribution in [0.2, 0.25) is 5.02 Å². The number of hydrogen-bond acceptors (Lipinski definition) is 5. The molecule has 0 saturated carbocycles. The zero-order valence-corrected chi connectivity index (χ0v) is 16.6. The first-order chi connectivity index (χ1) is 14.2. The van der Waals surface area contributed by atoms with Crippen molar-refractivity contribution < 1.29 is 37.0 Å². The highest BCUT2D eigenvalue weighted by molar-refractivity contribution is 6.34. The van der Waals surface area contributed by atoms with Crippen molar-refractivity contribution in [2.45, 2.75) is 6.18 Å². The lowest BCUT2D eigenvalue weighted by Gasteiger charge is -2.15. The van der Waals surface area contributed by atoms with Crippen LogP contribution in [0.25, 0.3) is 6.08 Å². The van der Waals surface area contributed by atoms with Gasteiger partial charge in [-0.05, 0) is 36.4 Å². The van der Waals surface area contributed by atoms with E-state index in [1.165, 1.54) is 26.4 Å². The van der Waals surface area contributed by atoms with Gasteiger partial charge in [-0.1, -0.05) is 17.7 Å². The summed E-state index contributed by atoms with van der Waals surface area (Å²) >= 11 is 5.76. The first-order valence-electron chi connectivity index (χ1n) is 8.38. The summed E-state index contributed by atoms with van der Waals surface area (Å²) in [6, 6.07) is 8.01. The van der Waals surface area contributed by atoms with Crippen LogP contribution in [-0.4, -0.2) is 32.7 Å². The summed E-state index contributed by atoms with van der Waals surface area (Å²) in [6.45, 7) is -0.805. The van der Waals surface area contributed by atoms with Gasteiger partial charge in [-0.25, -0.2) is 4.79 Å². The van der Waals surface area contributed by atoms with Crippen LogP contribution < -0.4 is 14.8 Å². The number of alkyl halides is 3. The van der Waals surface area contributed by atoms with E-state index in [9.17, 15) is 22.8 Å². The summed E-state index contributed by atoms with van der Waals surface area (Å²) in [5, 5.41) is 1.72. The van der Waals surface area contributed by atoms with Gasteiger partial charge in [0.15, 0.2) is 6.61 Å². The zero-order valence-electron chi connectivity index (χ0n) is 15.9. The smallest absolute Gasteiger partial charge is 0.418 e. The van der Waals surface area contributed by atoms with Crippen LogP contribution in [-0.2, 0) is 20.5 Å². The highest BCUT2D eigenvalue weighted by Crippen LogP contribution is 2.38. The van der Waals surface area contributed by atoms with Gasteiger partial charge in [0.2, 0.25) is 0 Å². The Morgan fingerprint density at radius 2 is 1.87 bits per heavy atom. The van der Waals surface area contributed by atoms with Gasteiger partial charge in [0, 0.05) is 11.6 Å². The van der Waals surface area contributed by atoms with Gasteiger partial charge < -0.3 is 19.5 Å². The molecular weight excluding hydrogens is 427 g/mol. The predicted molar refractivity (Wildman–Crippen MR) is 105 cm³/mol. The van der Waals surface area contributed by atoms with Crippen LogP contribution in [0.15, 0.2) is 42.5 Å². The number of carbonyl (C=O) groups excluding carboxylic acids is 2. The van der Waals surface area contributed by atoms with Crippen molar-refractivity contribution in [3.63, 3.8) is 0 Å². The van der Waals surface area contributed by atoms with Crippen LogP contribution in [0.3, 0.4) is 0 Å². The molecule has 0 fully saturated rings. The first-order valence-corrected chi connectivity index (χ1v) is 8.76. The Hall–Kier alpha value is -3.20. The predicted octanol–water partition coefficient (Wildman–Crippen LogP) is 4.57. The second kappa shape index (κ2) is 10.0. The molecule has 10 heteroatoms. The van der Waals surface area contributed by atoms with Gasteiger partial charge in [-0.2, -0.15) is 13.2 Å². The molecule has 30 heavy (non-hydrogen) atoms. The number of ether oxygens (including phenoxy) is 3. The molecule has 2 rings (SSSR count). The Morgan fingerprint density at radius 1 is 1.13 bits per heavy atom. The number of para-hydroxylation sites is 1. The van der Waals surface area contributed by atoms with Gasteiger partial charge in [-0.3, -0.25) is 4.79 Å². The molecule has 0 saturated heterocycles. The topological polar surface area (TPSA) is 73.9 Å². The minimum Gasteiger partial charge on any atom is -0.497 e. The lowest BCUT2D eigenvalue weighted by Crippen LogP contribution is -2.22. The number of benzene rings is 2. The van der Waals surface area contributed by atoms with E-state index in [2.05, 4.69) is 0 Å². The molecule has 0 aliphatic carbocycles. The normalized spacial score (nSPS) is 11.3. The monoisotopic (exact) mass is 443 g/mol. The Bertz CT molecular complexity index is 960. The Morgan fingerprint density at radius 3 is 2.50 bits per heavy atom. The van der Waals surface area contributed by atoms with Crippen LogP contribution in [0.5, 0.6) is 11.5 Å². The molecule has 0 aliphatic heterocycles. The van der Waals surface area contributed by atoms with Crippen LogP contribution in [0.1, 0.15) is 11.1 Å². The molecule has 0 radical (unpaired) electrons. The van der Waals surface area contributed by atoms with Crippen molar-refractivity contribution in [3.05, 3.63) is 58.6 Å². The van der Waals surface area contributed by atoms with Crippen molar-refractivity contribution in [1.29, 1.82) is 0 Å². The molecule has 0 aromatic heterocycles. The summed E-state index contributed by atoms with van der Waals surface area (Å²) in [6.07, 6.45) is -2.29. The van der Waals surface area contributed by atoms with Gasteiger partial charge in [0.05, 0.1) is 30.5 Å². The standard InChI is InChI=1S/C20H17ClF3NO5/c1-28-13-7-8-16(29-2)12(10-13)6-9-18(27)30-11-17(26)25-19-14(20(22,23)24)4-3-5-15(19)21/h3-10H,11H2,1-2H3,(H,25,26)/b9-6+. The lowest BCUT2D eigenvalue weighted by atomic mass is 10.1. The largest absolute Gasteiger partial charge is 0.497 e. The average Bonchev–Trinajstić information content (AvgIpc) is 2.71. The van der Waals surface area contributed by atoms with Gasteiger partial charge in [-0.15, -0.1) is 0 Å². The zero-order chi connectivity index (χ0) is 22.3. The van der Waals surface area contributed by atoms with E-state index in [1.54, 1.807) is 18.2 Å². The quantitative estimate of drug-likeness (QED) is 0.501. The Labute approximate surface area is 175 Å².